The van der Waals surface area contributed by atoms with Gasteiger partial charge in [0.2, 0.25) is 5.91 Å². The summed E-state index contributed by atoms with van der Waals surface area (Å²) in [5.41, 5.74) is 0. The first-order chi connectivity index (χ1) is 25.5. The van der Waals surface area contributed by atoms with Gasteiger partial charge in [-0.05, 0) is 57.8 Å². The van der Waals surface area contributed by atoms with Gasteiger partial charge in [0.1, 0.15) is 12.6 Å². The fraction of sp³-hybridized carbons (Fsp3) is 0.891. The molecule has 306 valence electrons. The van der Waals surface area contributed by atoms with Crippen LogP contribution in [-0.4, -0.2) is 35.6 Å². The number of ether oxygens (including phenoxy) is 1. The zero-order chi connectivity index (χ0) is 38.0. The summed E-state index contributed by atoms with van der Waals surface area (Å²) in [5.74, 6) is -1.23. The first-order valence-electron chi connectivity index (χ1n) is 22.8. The molecule has 0 heterocycles. The Morgan fingerprint density at radius 2 is 0.846 bits per heavy atom. The Hall–Kier alpha value is -1.85. The van der Waals surface area contributed by atoms with Crippen molar-refractivity contribution in [2.75, 3.05) is 6.54 Å². The van der Waals surface area contributed by atoms with Crippen molar-refractivity contribution >= 4 is 17.8 Å². The molecule has 0 spiro atoms. The van der Waals surface area contributed by atoms with Gasteiger partial charge in [-0.2, -0.15) is 0 Å². The lowest BCUT2D eigenvalue weighted by Crippen LogP contribution is -2.28. The maximum atomic E-state index is 12.8. The average molecular weight is 734 g/mol. The van der Waals surface area contributed by atoms with Crippen LogP contribution < -0.4 is 5.32 Å². The van der Waals surface area contributed by atoms with Crippen LogP contribution in [0.25, 0.3) is 0 Å². The molecular weight excluding hydrogens is 647 g/mol. The van der Waals surface area contributed by atoms with Crippen LogP contribution in [0.1, 0.15) is 251 Å². The zero-order valence-corrected chi connectivity index (χ0v) is 34.7. The second-order valence-corrected chi connectivity index (χ2v) is 15.7. The van der Waals surface area contributed by atoms with Gasteiger partial charge in [-0.3, -0.25) is 14.4 Å². The number of aliphatic carboxylic acids is 1. The van der Waals surface area contributed by atoms with Crippen LogP contribution >= 0.6 is 0 Å². The van der Waals surface area contributed by atoms with Crippen molar-refractivity contribution in [2.24, 2.45) is 0 Å². The first-order valence-corrected chi connectivity index (χ1v) is 22.8. The van der Waals surface area contributed by atoms with E-state index in [2.05, 4.69) is 31.3 Å². The van der Waals surface area contributed by atoms with E-state index in [4.69, 9.17) is 9.84 Å². The minimum absolute atomic E-state index is 0.00147. The molecule has 0 aromatic heterocycles. The van der Waals surface area contributed by atoms with E-state index in [0.717, 1.165) is 70.6 Å². The van der Waals surface area contributed by atoms with Gasteiger partial charge in [-0.15, -0.1) is 0 Å². The maximum absolute atomic E-state index is 12.8. The number of nitrogens with one attached hydrogen (secondary N) is 1. The topological polar surface area (TPSA) is 92.7 Å². The number of rotatable bonds is 42. The monoisotopic (exact) mass is 734 g/mol. The van der Waals surface area contributed by atoms with Crippen molar-refractivity contribution in [1.29, 1.82) is 0 Å². The largest absolute Gasteiger partial charge is 0.480 e. The Bertz CT molecular complexity index is 813. The number of carboxylic acid groups (broad SMARTS) is 1. The van der Waals surface area contributed by atoms with E-state index in [9.17, 15) is 14.4 Å². The van der Waals surface area contributed by atoms with E-state index in [1.165, 1.54) is 154 Å². The Kier molecular flexibility index (Phi) is 40.4. The minimum atomic E-state index is -1.02. The molecule has 0 aromatic rings. The lowest BCUT2D eigenvalue weighted by Gasteiger charge is -2.18. The molecule has 0 saturated heterocycles. The average Bonchev–Trinajstić information content (AvgIpc) is 3.13. The highest BCUT2D eigenvalue weighted by Crippen LogP contribution is 2.19. The molecule has 2 N–H and O–H groups in total. The molecule has 6 nitrogen and oxygen atoms in total. The third-order valence-corrected chi connectivity index (χ3v) is 10.4. The third kappa shape index (κ3) is 40.9. The van der Waals surface area contributed by atoms with Crippen LogP contribution in [0, 0.1) is 0 Å². The first kappa shape index (κ1) is 50.1. The van der Waals surface area contributed by atoms with Gasteiger partial charge < -0.3 is 15.2 Å². The quantitative estimate of drug-likeness (QED) is 0.0370. The fourth-order valence-corrected chi connectivity index (χ4v) is 7.05. The minimum Gasteiger partial charge on any atom is -0.480 e. The molecular formula is C46H87NO5. The number of allylic oxidation sites excluding steroid dienone is 2. The van der Waals surface area contributed by atoms with Gasteiger partial charge in [0.15, 0.2) is 0 Å². The highest BCUT2D eigenvalue weighted by atomic mass is 16.5. The van der Waals surface area contributed by atoms with Gasteiger partial charge in [0, 0.05) is 12.8 Å². The van der Waals surface area contributed by atoms with Crippen LogP contribution in [0.3, 0.4) is 0 Å². The van der Waals surface area contributed by atoms with Gasteiger partial charge in [0.05, 0.1) is 0 Å². The summed E-state index contributed by atoms with van der Waals surface area (Å²) >= 11 is 0. The van der Waals surface area contributed by atoms with Crippen LogP contribution in [0.4, 0.5) is 0 Å². The molecule has 0 bridgehead atoms. The van der Waals surface area contributed by atoms with Gasteiger partial charge >= 0.3 is 11.9 Å². The van der Waals surface area contributed by atoms with E-state index >= 15 is 0 Å². The molecule has 0 rings (SSSR count). The van der Waals surface area contributed by atoms with Crippen molar-refractivity contribution in [3.8, 4) is 0 Å². The third-order valence-electron chi connectivity index (χ3n) is 10.4. The van der Waals surface area contributed by atoms with Crippen LogP contribution in [0.15, 0.2) is 12.2 Å². The molecule has 6 heteroatoms. The van der Waals surface area contributed by atoms with Crippen LogP contribution in [0.2, 0.25) is 0 Å². The molecule has 0 aliphatic carbocycles. The molecule has 0 radical (unpaired) electrons. The molecule has 1 amide bonds. The Balaban J connectivity index is 4.06. The standard InChI is InChI=1S/C46H87NO5/c1-3-5-7-9-11-13-15-16-17-18-19-20-21-22-24-26-28-33-37-41-46(51)52-43(38-34-30-27-25-23-14-12-10-8-6-4-2)39-35-31-29-32-36-40-44(48)47-42-45(49)50/h25,27,43H,3-24,26,28-42H2,1-2H3,(H,47,48)(H,49,50)/b27-25-. The summed E-state index contributed by atoms with van der Waals surface area (Å²) in [6.07, 6.45) is 49.2. The molecule has 1 unspecified atom stereocenters. The van der Waals surface area contributed by atoms with Crippen molar-refractivity contribution in [3.05, 3.63) is 12.2 Å². The summed E-state index contributed by atoms with van der Waals surface area (Å²) < 4.78 is 6.02. The summed E-state index contributed by atoms with van der Waals surface area (Å²) in [6, 6.07) is 0. The number of hydrogen-bond acceptors (Lipinski definition) is 4. The van der Waals surface area contributed by atoms with Crippen molar-refractivity contribution in [2.45, 2.75) is 258 Å². The second-order valence-electron chi connectivity index (χ2n) is 15.7. The van der Waals surface area contributed by atoms with E-state index in [1.807, 2.05) is 0 Å². The van der Waals surface area contributed by atoms with Crippen molar-refractivity contribution in [1.82, 2.24) is 5.32 Å². The van der Waals surface area contributed by atoms with Crippen LogP contribution in [0.5, 0.6) is 0 Å². The molecule has 0 aromatic carbocycles. The number of hydrogen-bond donors (Lipinski definition) is 2. The lowest BCUT2D eigenvalue weighted by molar-refractivity contribution is -0.150. The van der Waals surface area contributed by atoms with Gasteiger partial charge in [-0.25, -0.2) is 0 Å². The lowest BCUT2D eigenvalue weighted by atomic mass is 10.0. The predicted molar refractivity (Wildman–Crippen MR) is 222 cm³/mol. The normalized spacial score (nSPS) is 12.0. The fourth-order valence-electron chi connectivity index (χ4n) is 7.05. The Labute approximate surface area is 322 Å². The number of carbonyl (C=O) groups excluding carboxylic acids is 2. The molecule has 0 fully saturated rings. The highest BCUT2D eigenvalue weighted by Gasteiger charge is 2.14. The van der Waals surface area contributed by atoms with E-state index in [-0.39, 0.29) is 24.5 Å². The summed E-state index contributed by atoms with van der Waals surface area (Å²) in [4.78, 5) is 35.0. The van der Waals surface area contributed by atoms with Crippen LogP contribution in [-0.2, 0) is 19.1 Å². The number of esters is 1. The highest BCUT2D eigenvalue weighted by molar-refractivity contribution is 5.80. The molecule has 52 heavy (non-hydrogen) atoms. The zero-order valence-electron chi connectivity index (χ0n) is 34.7. The second kappa shape index (κ2) is 41.9. The number of unbranched alkanes of at least 4 members (excludes halogenated alkanes) is 29. The van der Waals surface area contributed by atoms with Crippen molar-refractivity contribution in [3.63, 3.8) is 0 Å². The summed E-state index contributed by atoms with van der Waals surface area (Å²) in [6.45, 7) is 4.24. The molecule has 0 aliphatic heterocycles. The van der Waals surface area contributed by atoms with Gasteiger partial charge in [0.25, 0.3) is 0 Å². The Morgan fingerprint density at radius 3 is 1.31 bits per heavy atom. The van der Waals surface area contributed by atoms with E-state index in [1.54, 1.807) is 0 Å². The summed E-state index contributed by atoms with van der Waals surface area (Å²) in [7, 11) is 0. The molecule has 1 atom stereocenters. The van der Waals surface area contributed by atoms with E-state index < -0.39 is 5.97 Å². The van der Waals surface area contributed by atoms with Gasteiger partial charge in [-0.1, -0.05) is 193 Å². The Morgan fingerprint density at radius 1 is 0.481 bits per heavy atom. The number of carboxylic acids is 1. The van der Waals surface area contributed by atoms with Crippen molar-refractivity contribution < 1.29 is 24.2 Å². The maximum Gasteiger partial charge on any atom is 0.322 e. The SMILES string of the molecule is CCCCCCCC/C=C\CCCC(CCCCCCCC(=O)NCC(=O)O)OC(=O)CCCCCCCCCCCCCCCCCCCCC. The smallest absolute Gasteiger partial charge is 0.322 e. The summed E-state index contributed by atoms with van der Waals surface area (Å²) in [5, 5.41) is 11.1. The predicted octanol–water partition coefficient (Wildman–Crippen LogP) is 14.1. The molecule has 0 aliphatic rings. The number of carbonyl (C=O) groups is 3. The van der Waals surface area contributed by atoms with E-state index in [0.29, 0.717) is 12.8 Å². The number of amides is 1. The molecule has 0 saturated carbocycles.